The maximum absolute atomic E-state index is 11.7. The van der Waals surface area contributed by atoms with Gasteiger partial charge in [-0.3, -0.25) is 4.79 Å². The molecule has 1 rings (SSSR count). The van der Waals surface area contributed by atoms with Crippen molar-refractivity contribution in [3.05, 3.63) is 28.8 Å². The van der Waals surface area contributed by atoms with Gasteiger partial charge in [0.1, 0.15) is 5.75 Å². The first kappa shape index (κ1) is 12.4. The van der Waals surface area contributed by atoms with Crippen LogP contribution in [0.4, 0.5) is 0 Å². The molecule has 0 unspecified atom stereocenters. The van der Waals surface area contributed by atoms with Crippen LogP contribution in [-0.4, -0.2) is 24.9 Å². The van der Waals surface area contributed by atoms with Crippen LogP contribution in [0, 0.1) is 0 Å². The van der Waals surface area contributed by atoms with E-state index >= 15 is 0 Å². The van der Waals surface area contributed by atoms with E-state index in [1.165, 1.54) is 0 Å². The number of methoxy groups -OCH3 is 1. The summed E-state index contributed by atoms with van der Waals surface area (Å²) in [5, 5.41) is 0.459. The van der Waals surface area contributed by atoms with Gasteiger partial charge in [0, 0.05) is 17.7 Å². The van der Waals surface area contributed by atoms with Crippen LogP contribution in [0.3, 0.4) is 0 Å². The summed E-state index contributed by atoms with van der Waals surface area (Å²) in [6, 6.07) is 5.12. The van der Waals surface area contributed by atoms with Crippen molar-refractivity contribution in [2.75, 3.05) is 19.1 Å². The molecule has 0 saturated carbocycles. The zero-order valence-corrected chi connectivity index (χ0v) is 10.3. The minimum Gasteiger partial charge on any atom is -0.497 e. The molecule has 0 amide bonds. The Hall–Kier alpha value is -0.670. The van der Waals surface area contributed by atoms with Crippen LogP contribution in [0.25, 0.3) is 0 Å². The number of halogens is 1. The maximum Gasteiger partial charge on any atom is 0.165 e. The predicted octanol–water partition coefficient (Wildman–Crippen LogP) is 3.28. The molecule has 2 nitrogen and oxygen atoms in total. The molecule has 1 aromatic carbocycles. The van der Waals surface area contributed by atoms with E-state index in [1.54, 1.807) is 37.1 Å². The number of benzene rings is 1. The Bertz CT molecular complexity index is 352. The van der Waals surface area contributed by atoms with E-state index in [9.17, 15) is 4.79 Å². The molecular weight excluding hydrogens is 232 g/mol. The number of carbonyl (C=O) groups excluding carboxylic acids is 1. The largest absolute Gasteiger partial charge is 0.497 e. The number of ketones is 1. The molecule has 0 aliphatic carbocycles. The number of thioether (sulfide) groups is 1. The van der Waals surface area contributed by atoms with Crippen molar-refractivity contribution in [1.82, 2.24) is 0 Å². The lowest BCUT2D eigenvalue weighted by atomic mass is 10.1. The highest BCUT2D eigenvalue weighted by molar-refractivity contribution is 7.98. The Labute approximate surface area is 99.0 Å². The Kier molecular flexibility index (Phi) is 4.99. The van der Waals surface area contributed by atoms with Gasteiger partial charge in [0.15, 0.2) is 5.78 Å². The summed E-state index contributed by atoms with van der Waals surface area (Å²) in [5.41, 5.74) is 0.575. The second-order valence-corrected chi connectivity index (χ2v) is 4.40. The van der Waals surface area contributed by atoms with Gasteiger partial charge in [-0.15, -0.1) is 0 Å². The number of hydrogen-bond acceptors (Lipinski definition) is 3. The topological polar surface area (TPSA) is 26.3 Å². The van der Waals surface area contributed by atoms with Crippen molar-refractivity contribution in [2.24, 2.45) is 0 Å². The molecule has 0 radical (unpaired) electrons. The minimum absolute atomic E-state index is 0.0806. The summed E-state index contributed by atoms with van der Waals surface area (Å²) in [5.74, 6) is 1.57. The molecule has 1 aromatic rings. The van der Waals surface area contributed by atoms with Gasteiger partial charge in [0.2, 0.25) is 0 Å². The van der Waals surface area contributed by atoms with Crippen molar-refractivity contribution in [3.8, 4) is 5.75 Å². The molecule has 15 heavy (non-hydrogen) atoms. The molecular formula is C11H13ClO2S. The van der Waals surface area contributed by atoms with Crippen LogP contribution in [0.1, 0.15) is 16.8 Å². The highest BCUT2D eigenvalue weighted by Crippen LogP contribution is 2.23. The summed E-state index contributed by atoms with van der Waals surface area (Å²) in [4.78, 5) is 11.7. The van der Waals surface area contributed by atoms with Crippen molar-refractivity contribution >= 4 is 29.1 Å². The molecule has 82 valence electrons. The average Bonchev–Trinajstić information content (AvgIpc) is 2.25. The number of hydrogen-bond donors (Lipinski definition) is 0. The van der Waals surface area contributed by atoms with E-state index in [-0.39, 0.29) is 5.78 Å². The van der Waals surface area contributed by atoms with Crippen molar-refractivity contribution < 1.29 is 9.53 Å². The predicted molar refractivity (Wildman–Crippen MR) is 65.3 cm³/mol. The minimum atomic E-state index is 0.0806. The lowest BCUT2D eigenvalue weighted by molar-refractivity contribution is 0.0989. The van der Waals surface area contributed by atoms with E-state index in [0.29, 0.717) is 22.8 Å². The Balaban J connectivity index is 2.81. The molecule has 0 spiro atoms. The Morgan fingerprint density at radius 1 is 1.53 bits per heavy atom. The second kappa shape index (κ2) is 6.03. The Morgan fingerprint density at radius 3 is 2.80 bits per heavy atom. The van der Waals surface area contributed by atoms with E-state index in [2.05, 4.69) is 0 Å². The normalized spacial score (nSPS) is 10.1. The first-order chi connectivity index (χ1) is 7.19. The smallest absolute Gasteiger partial charge is 0.165 e. The average molecular weight is 245 g/mol. The van der Waals surface area contributed by atoms with Gasteiger partial charge in [-0.2, -0.15) is 11.8 Å². The van der Waals surface area contributed by atoms with Gasteiger partial charge in [0.25, 0.3) is 0 Å². The maximum atomic E-state index is 11.7. The summed E-state index contributed by atoms with van der Waals surface area (Å²) in [6.45, 7) is 0. The number of Topliss-reactive ketones (excluding diaryl/α,β-unsaturated/α-hetero) is 1. The van der Waals surface area contributed by atoms with Crippen LogP contribution in [-0.2, 0) is 0 Å². The first-order valence-corrected chi connectivity index (χ1v) is 6.32. The highest BCUT2D eigenvalue weighted by atomic mass is 35.5. The monoisotopic (exact) mass is 244 g/mol. The van der Waals surface area contributed by atoms with Gasteiger partial charge in [-0.1, -0.05) is 11.6 Å². The van der Waals surface area contributed by atoms with Gasteiger partial charge < -0.3 is 4.74 Å². The number of rotatable bonds is 5. The molecule has 0 heterocycles. The Morgan fingerprint density at radius 2 is 2.27 bits per heavy atom. The fraction of sp³-hybridized carbons (Fsp3) is 0.364. The molecule has 0 N–H and O–H groups in total. The summed E-state index contributed by atoms with van der Waals surface area (Å²) >= 11 is 7.62. The van der Waals surface area contributed by atoms with E-state index < -0.39 is 0 Å². The first-order valence-electron chi connectivity index (χ1n) is 4.54. The lowest BCUT2D eigenvalue weighted by Crippen LogP contribution is -2.01. The molecule has 0 atom stereocenters. The molecule has 0 aliphatic rings. The van der Waals surface area contributed by atoms with Crippen molar-refractivity contribution in [3.63, 3.8) is 0 Å². The van der Waals surface area contributed by atoms with E-state index in [0.717, 1.165) is 5.75 Å². The highest BCUT2D eigenvalue weighted by Gasteiger charge is 2.10. The molecule has 0 fully saturated rings. The van der Waals surface area contributed by atoms with Gasteiger partial charge in [-0.05, 0) is 24.5 Å². The van der Waals surface area contributed by atoms with Crippen LogP contribution < -0.4 is 4.74 Å². The quantitative estimate of drug-likeness (QED) is 0.744. The third-order valence-electron chi connectivity index (χ3n) is 2.01. The number of ether oxygens (including phenoxy) is 1. The zero-order chi connectivity index (χ0) is 11.3. The van der Waals surface area contributed by atoms with Crippen LogP contribution >= 0.6 is 23.4 Å². The summed E-state index contributed by atoms with van der Waals surface area (Å²) in [7, 11) is 1.57. The SMILES string of the molecule is COc1ccc(C(=O)CCSC)c(Cl)c1. The molecule has 0 aromatic heterocycles. The lowest BCUT2D eigenvalue weighted by Gasteiger charge is -2.05. The van der Waals surface area contributed by atoms with Crippen LogP contribution in [0.5, 0.6) is 5.75 Å². The van der Waals surface area contributed by atoms with E-state index in [1.807, 2.05) is 6.26 Å². The zero-order valence-electron chi connectivity index (χ0n) is 8.75. The third-order valence-corrected chi connectivity index (χ3v) is 2.93. The third kappa shape index (κ3) is 3.43. The molecule has 0 bridgehead atoms. The van der Waals surface area contributed by atoms with Crippen molar-refractivity contribution in [2.45, 2.75) is 6.42 Å². The summed E-state index contributed by atoms with van der Waals surface area (Å²) in [6.07, 6.45) is 2.50. The van der Waals surface area contributed by atoms with Crippen LogP contribution in [0.2, 0.25) is 5.02 Å². The van der Waals surface area contributed by atoms with Gasteiger partial charge >= 0.3 is 0 Å². The fourth-order valence-electron chi connectivity index (χ4n) is 1.18. The number of carbonyl (C=O) groups is 1. The summed E-state index contributed by atoms with van der Waals surface area (Å²) < 4.78 is 5.01. The van der Waals surface area contributed by atoms with Gasteiger partial charge in [0.05, 0.1) is 12.1 Å². The second-order valence-electron chi connectivity index (χ2n) is 3.01. The van der Waals surface area contributed by atoms with E-state index in [4.69, 9.17) is 16.3 Å². The van der Waals surface area contributed by atoms with Gasteiger partial charge in [-0.25, -0.2) is 0 Å². The molecule has 4 heteroatoms. The fourth-order valence-corrected chi connectivity index (χ4v) is 1.84. The molecule has 0 aliphatic heterocycles. The van der Waals surface area contributed by atoms with Crippen molar-refractivity contribution in [1.29, 1.82) is 0 Å². The van der Waals surface area contributed by atoms with Crippen LogP contribution in [0.15, 0.2) is 18.2 Å². The molecule has 0 saturated heterocycles. The standard InChI is InChI=1S/C11H13ClO2S/c1-14-8-3-4-9(10(12)7-8)11(13)5-6-15-2/h3-4,7H,5-6H2,1-2H3.